The van der Waals surface area contributed by atoms with Gasteiger partial charge in [-0.2, -0.15) is 0 Å². The Labute approximate surface area is 127 Å². The van der Waals surface area contributed by atoms with E-state index in [9.17, 15) is 4.79 Å². The molecule has 1 aromatic rings. The van der Waals surface area contributed by atoms with Crippen LogP contribution in [-0.4, -0.2) is 25.5 Å². The van der Waals surface area contributed by atoms with Crippen molar-refractivity contribution in [1.29, 1.82) is 0 Å². The molecule has 1 aliphatic heterocycles. The number of hydrogen-bond acceptors (Lipinski definition) is 2. The first kappa shape index (κ1) is 14.6. The highest BCUT2D eigenvalue weighted by molar-refractivity contribution is 5.78. The van der Waals surface area contributed by atoms with Gasteiger partial charge >= 0.3 is 0 Å². The molecule has 3 heteroatoms. The van der Waals surface area contributed by atoms with Crippen LogP contribution in [0.2, 0.25) is 0 Å². The predicted molar refractivity (Wildman–Crippen MR) is 85.3 cm³/mol. The number of nitrogens with one attached hydrogen (secondary N) is 2. The van der Waals surface area contributed by atoms with Gasteiger partial charge in [0.15, 0.2) is 0 Å². The van der Waals surface area contributed by atoms with Crippen LogP contribution in [0.25, 0.3) is 0 Å². The van der Waals surface area contributed by atoms with Gasteiger partial charge in [-0.15, -0.1) is 0 Å². The van der Waals surface area contributed by atoms with E-state index in [2.05, 4.69) is 41.8 Å². The maximum absolute atomic E-state index is 12.4. The van der Waals surface area contributed by atoms with E-state index >= 15 is 0 Å². The Hall–Kier alpha value is -1.35. The van der Waals surface area contributed by atoms with E-state index in [1.165, 1.54) is 24.0 Å². The largest absolute Gasteiger partial charge is 0.355 e. The van der Waals surface area contributed by atoms with Crippen LogP contribution in [0.1, 0.15) is 43.7 Å². The number of carbonyl (C=O) groups is 1. The molecule has 0 spiro atoms. The molecule has 1 atom stereocenters. The molecule has 1 aliphatic carbocycles. The van der Waals surface area contributed by atoms with Gasteiger partial charge in [0.25, 0.3) is 0 Å². The van der Waals surface area contributed by atoms with Crippen molar-refractivity contribution in [1.82, 2.24) is 10.6 Å². The summed E-state index contributed by atoms with van der Waals surface area (Å²) in [6.07, 6.45) is 5.50. The predicted octanol–water partition coefficient (Wildman–Crippen LogP) is 2.40. The second-order valence-corrected chi connectivity index (χ2v) is 6.81. The zero-order chi connectivity index (χ0) is 14.7. The number of fused-ring (bicyclic) bond motifs is 1. The van der Waals surface area contributed by atoms with E-state index in [1.807, 2.05) is 0 Å². The van der Waals surface area contributed by atoms with Gasteiger partial charge in [-0.1, -0.05) is 31.2 Å². The fraction of sp³-hybridized carbons (Fsp3) is 0.611. The number of carbonyl (C=O) groups excluding carboxylic acids is 1. The van der Waals surface area contributed by atoms with Gasteiger partial charge in [0, 0.05) is 17.9 Å². The zero-order valence-electron chi connectivity index (χ0n) is 13.0. The molecule has 1 saturated heterocycles. The Morgan fingerprint density at radius 2 is 2.10 bits per heavy atom. The van der Waals surface area contributed by atoms with Crippen LogP contribution >= 0.6 is 0 Å². The second-order valence-electron chi connectivity index (χ2n) is 6.81. The molecule has 1 aromatic carbocycles. The monoisotopic (exact) mass is 286 g/mol. The lowest BCUT2D eigenvalue weighted by Gasteiger charge is -2.36. The van der Waals surface area contributed by atoms with Gasteiger partial charge in [-0.3, -0.25) is 4.79 Å². The topological polar surface area (TPSA) is 41.1 Å². The van der Waals surface area contributed by atoms with Gasteiger partial charge in [0.1, 0.15) is 0 Å². The summed E-state index contributed by atoms with van der Waals surface area (Å²) in [5.74, 6) is 0.453. The van der Waals surface area contributed by atoms with Crippen LogP contribution in [0.5, 0.6) is 0 Å². The van der Waals surface area contributed by atoms with Crippen molar-refractivity contribution in [3.63, 3.8) is 0 Å². The van der Waals surface area contributed by atoms with Crippen molar-refractivity contribution in [2.45, 2.75) is 44.4 Å². The fourth-order valence-electron chi connectivity index (χ4n) is 3.83. The summed E-state index contributed by atoms with van der Waals surface area (Å²) < 4.78 is 0. The lowest BCUT2D eigenvalue weighted by Crippen LogP contribution is -2.44. The lowest BCUT2D eigenvalue weighted by atomic mass is 9.71. The molecule has 3 nitrogen and oxygen atoms in total. The molecule has 0 bridgehead atoms. The van der Waals surface area contributed by atoms with Crippen molar-refractivity contribution >= 4 is 5.91 Å². The van der Waals surface area contributed by atoms with Crippen LogP contribution in [0.15, 0.2) is 24.3 Å². The minimum Gasteiger partial charge on any atom is -0.355 e. The first-order valence-electron chi connectivity index (χ1n) is 8.26. The van der Waals surface area contributed by atoms with E-state index in [-0.39, 0.29) is 17.2 Å². The average Bonchev–Trinajstić information content (AvgIpc) is 2.54. The van der Waals surface area contributed by atoms with Gasteiger partial charge in [-0.25, -0.2) is 0 Å². The molecule has 1 amide bonds. The molecule has 114 valence electrons. The Morgan fingerprint density at radius 3 is 2.90 bits per heavy atom. The third-order valence-electron chi connectivity index (χ3n) is 5.20. The van der Waals surface area contributed by atoms with Gasteiger partial charge in [-0.05, 0) is 56.3 Å². The Morgan fingerprint density at radius 1 is 1.33 bits per heavy atom. The van der Waals surface area contributed by atoms with Crippen molar-refractivity contribution < 1.29 is 4.79 Å². The quantitative estimate of drug-likeness (QED) is 0.896. The Kier molecular flexibility index (Phi) is 4.29. The van der Waals surface area contributed by atoms with E-state index in [0.717, 1.165) is 38.9 Å². The summed E-state index contributed by atoms with van der Waals surface area (Å²) in [5, 5.41) is 6.55. The van der Waals surface area contributed by atoms with E-state index in [4.69, 9.17) is 0 Å². The summed E-state index contributed by atoms with van der Waals surface area (Å²) in [5.41, 5.74) is 2.99. The number of aryl methyl sites for hydroxylation is 1. The first-order valence-corrected chi connectivity index (χ1v) is 8.26. The highest BCUT2D eigenvalue weighted by atomic mass is 16.1. The van der Waals surface area contributed by atoms with E-state index in [0.29, 0.717) is 0 Å². The summed E-state index contributed by atoms with van der Waals surface area (Å²) in [6.45, 7) is 5.01. The number of piperidine rings is 1. The van der Waals surface area contributed by atoms with Crippen molar-refractivity contribution in [3.05, 3.63) is 35.4 Å². The SMILES string of the molecule is CC1(CNC(=O)C2CCNCC2)CCCc2ccccc21. The summed E-state index contributed by atoms with van der Waals surface area (Å²) in [4.78, 5) is 12.4. The standard InChI is InChI=1S/C18H26N2O/c1-18(10-4-6-14-5-2-3-7-16(14)18)13-20-17(21)15-8-11-19-12-9-15/h2-3,5,7,15,19H,4,6,8-13H2,1H3,(H,20,21). The molecule has 0 aromatic heterocycles. The first-order chi connectivity index (χ1) is 10.2. The highest BCUT2D eigenvalue weighted by Crippen LogP contribution is 2.36. The smallest absolute Gasteiger partial charge is 0.223 e. The minimum atomic E-state index is 0.0947. The van der Waals surface area contributed by atoms with Crippen LogP contribution in [-0.2, 0) is 16.6 Å². The van der Waals surface area contributed by atoms with Crippen LogP contribution in [0, 0.1) is 5.92 Å². The van der Waals surface area contributed by atoms with Gasteiger partial charge < -0.3 is 10.6 Å². The third-order valence-corrected chi connectivity index (χ3v) is 5.20. The molecule has 21 heavy (non-hydrogen) atoms. The Balaban J connectivity index is 1.66. The molecule has 0 saturated carbocycles. The van der Waals surface area contributed by atoms with Crippen molar-refractivity contribution in [2.24, 2.45) is 5.92 Å². The number of benzene rings is 1. The molecular formula is C18H26N2O. The minimum absolute atomic E-state index is 0.0947. The fourth-order valence-corrected chi connectivity index (χ4v) is 3.83. The van der Waals surface area contributed by atoms with Gasteiger partial charge in [0.05, 0.1) is 0 Å². The van der Waals surface area contributed by atoms with E-state index < -0.39 is 0 Å². The maximum atomic E-state index is 12.4. The molecule has 1 fully saturated rings. The van der Waals surface area contributed by atoms with Crippen molar-refractivity contribution in [2.75, 3.05) is 19.6 Å². The second kappa shape index (κ2) is 6.18. The zero-order valence-corrected chi connectivity index (χ0v) is 13.0. The molecule has 1 heterocycles. The summed E-state index contributed by atoms with van der Waals surface area (Å²) in [7, 11) is 0. The van der Waals surface area contributed by atoms with Crippen molar-refractivity contribution in [3.8, 4) is 0 Å². The lowest BCUT2D eigenvalue weighted by molar-refractivity contribution is -0.126. The average molecular weight is 286 g/mol. The molecule has 2 N–H and O–H groups in total. The van der Waals surface area contributed by atoms with E-state index in [1.54, 1.807) is 0 Å². The highest BCUT2D eigenvalue weighted by Gasteiger charge is 2.32. The summed E-state index contributed by atoms with van der Waals surface area (Å²) in [6, 6.07) is 8.72. The molecule has 3 rings (SSSR count). The third kappa shape index (κ3) is 3.13. The Bertz CT molecular complexity index is 508. The number of amides is 1. The molecule has 2 aliphatic rings. The molecular weight excluding hydrogens is 260 g/mol. The van der Waals surface area contributed by atoms with Gasteiger partial charge in [0.2, 0.25) is 5.91 Å². The number of hydrogen-bond donors (Lipinski definition) is 2. The maximum Gasteiger partial charge on any atom is 0.223 e. The molecule has 1 unspecified atom stereocenters. The van der Waals surface area contributed by atoms with Crippen LogP contribution in [0.3, 0.4) is 0 Å². The summed E-state index contributed by atoms with van der Waals surface area (Å²) >= 11 is 0. The normalized spacial score (nSPS) is 26.1. The molecule has 0 radical (unpaired) electrons. The van der Waals surface area contributed by atoms with Crippen LogP contribution < -0.4 is 10.6 Å². The van der Waals surface area contributed by atoms with Crippen LogP contribution in [0.4, 0.5) is 0 Å². The number of rotatable bonds is 3.